The Hall–Kier alpha value is -1.46. The maximum Gasteiger partial charge on any atom is 0.164 e. The van der Waals surface area contributed by atoms with Crippen molar-refractivity contribution in [2.45, 2.75) is 18.9 Å². The largest absolute Gasteiger partial charge is 0.497 e. The number of hydrogen-bond donors (Lipinski definition) is 1. The smallest absolute Gasteiger partial charge is 0.164 e. The van der Waals surface area contributed by atoms with E-state index in [-0.39, 0.29) is 12.0 Å². The molecule has 0 amide bonds. The van der Waals surface area contributed by atoms with Gasteiger partial charge in [-0.25, -0.2) is 8.78 Å². The quantitative estimate of drug-likeness (QED) is 0.889. The van der Waals surface area contributed by atoms with Crippen LogP contribution in [-0.2, 0) is 12.0 Å². The minimum absolute atomic E-state index is 0.0720. The molecule has 21 heavy (non-hydrogen) atoms. The van der Waals surface area contributed by atoms with Crippen molar-refractivity contribution in [3.63, 3.8) is 0 Å². The van der Waals surface area contributed by atoms with Crippen molar-refractivity contribution in [2.75, 3.05) is 7.11 Å². The van der Waals surface area contributed by atoms with Crippen molar-refractivity contribution in [2.24, 2.45) is 0 Å². The van der Waals surface area contributed by atoms with E-state index < -0.39 is 17.2 Å². The molecule has 0 fully saturated rings. The summed E-state index contributed by atoms with van der Waals surface area (Å²) in [5.74, 6) is -1.37. The van der Waals surface area contributed by atoms with Gasteiger partial charge in [-0.05, 0) is 36.8 Å². The van der Waals surface area contributed by atoms with Gasteiger partial charge in [0.15, 0.2) is 11.6 Å². The third-order valence-electron chi connectivity index (χ3n) is 3.32. The molecule has 0 aliphatic rings. The lowest BCUT2D eigenvalue weighted by Crippen LogP contribution is -2.26. The van der Waals surface area contributed by atoms with E-state index in [9.17, 15) is 13.9 Å². The van der Waals surface area contributed by atoms with Crippen LogP contribution in [0.1, 0.15) is 18.1 Å². The van der Waals surface area contributed by atoms with Crippen LogP contribution in [0.15, 0.2) is 40.9 Å². The van der Waals surface area contributed by atoms with Gasteiger partial charge in [0, 0.05) is 16.5 Å². The molecule has 2 nitrogen and oxygen atoms in total. The van der Waals surface area contributed by atoms with Crippen molar-refractivity contribution in [1.82, 2.24) is 0 Å². The number of aliphatic hydroxyl groups is 1. The molecule has 5 heteroatoms. The third-order valence-corrected chi connectivity index (χ3v) is 4.09. The molecule has 2 aromatic rings. The van der Waals surface area contributed by atoms with E-state index in [1.54, 1.807) is 18.2 Å². The molecule has 0 aromatic heterocycles. The summed E-state index contributed by atoms with van der Waals surface area (Å²) >= 11 is 3.38. The minimum Gasteiger partial charge on any atom is -0.497 e. The standard InChI is InChI=1S/C16H15BrF2O2/c1-16(20,12-4-3-5-14(18)15(12)19)9-10-8-11(21-2)6-7-13(10)17/h3-8,20H,9H2,1-2H3. The zero-order chi connectivity index (χ0) is 15.6. The molecule has 0 saturated carbocycles. The fourth-order valence-electron chi connectivity index (χ4n) is 2.20. The third kappa shape index (κ3) is 3.41. The molecular formula is C16H15BrF2O2. The highest BCUT2D eigenvalue weighted by Gasteiger charge is 2.29. The molecule has 1 N–H and O–H groups in total. The Labute approximate surface area is 130 Å². The zero-order valence-electron chi connectivity index (χ0n) is 11.7. The van der Waals surface area contributed by atoms with Crippen molar-refractivity contribution in [3.8, 4) is 5.75 Å². The van der Waals surface area contributed by atoms with Gasteiger partial charge < -0.3 is 9.84 Å². The summed E-state index contributed by atoms with van der Waals surface area (Å²) in [5, 5.41) is 10.6. The number of hydrogen-bond acceptors (Lipinski definition) is 2. The Balaban J connectivity index is 2.39. The Morgan fingerprint density at radius 3 is 2.62 bits per heavy atom. The van der Waals surface area contributed by atoms with E-state index in [0.717, 1.165) is 16.1 Å². The summed E-state index contributed by atoms with van der Waals surface area (Å²) in [6, 6.07) is 9.08. The maximum absolute atomic E-state index is 13.9. The van der Waals surface area contributed by atoms with Crippen LogP contribution in [0.2, 0.25) is 0 Å². The van der Waals surface area contributed by atoms with Gasteiger partial charge in [0.2, 0.25) is 0 Å². The SMILES string of the molecule is COc1ccc(Br)c(CC(C)(O)c2cccc(F)c2F)c1. The van der Waals surface area contributed by atoms with Crippen LogP contribution in [0.3, 0.4) is 0 Å². The molecule has 0 radical (unpaired) electrons. The predicted molar refractivity (Wildman–Crippen MR) is 80.3 cm³/mol. The maximum atomic E-state index is 13.9. The van der Waals surface area contributed by atoms with Crippen molar-refractivity contribution < 1.29 is 18.6 Å². The summed E-state index contributed by atoms with van der Waals surface area (Å²) in [6.45, 7) is 1.46. The van der Waals surface area contributed by atoms with Crippen LogP contribution in [0.4, 0.5) is 8.78 Å². The molecule has 0 spiro atoms. The van der Waals surface area contributed by atoms with Gasteiger partial charge in [-0.2, -0.15) is 0 Å². The predicted octanol–water partition coefficient (Wildman–Crippen LogP) is 4.19. The van der Waals surface area contributed by atoms with Crippen LogP contribution in [-0.4, -0.2) is 12.2 Å². The van der Waals surface area contributed by atoms with Crippen LogP contribution in [0, 0.1) is 11.6 Å². The first-order chi connectivity index (χ1) is 9.85. The first-order valence-corrected chi connectivity index (χ1v) is 7.14. The summed E-state index contributed by atoms with van der Waals surface area (Å²) in [7, 11) is 1.54. The number of ether oxygens (including phenoxy) is 1. The lowest BCUT2D eigenvalue weighted by molar-refractivity contribution is 0.0528. The monoisotopic (exact) mass is 356 g/mol. The van der Waals surface area contributed by atoms with Crippen molar-refractivity contribution in [3.05, 3.63) is 63.6 Å². The van der Waals surface area contributed by atoms with Crippen LogP contribution in [0.25, 0.3) is 0 Å². The minimum atomic E-state index is -1.54. The second-order valence-electron chi connectivity index (χ2n) is 5.01. The molecule has 0 heterocycles. The topological polar surface area (TPSA) is 29.5 Å². The Kier molecular flexibility index (Phi) is 4.64. The van der Waals surface area contributed by atoms with Gasteiger partial charge in [-0.15, -0.1) is 0 Å². The fourth-order valence-corrected chi connectivity index (χ4v) is 2.59. The second kappa shape index (κ2) is 6.12. The lowest BCUT2D eigenvalue weighted by Gasteiger charge is -2.25. The molecule has 2 aromatic carbocycles. The Morgan fingerprint density at radius 1 is 1.24 bits per heavy atom. The fraction of sp³-hybridized carbons (Fsp3) is 0.250. The number of methoxy groups -OCH3 is 1. The molecular weight excluding hydrogens is 342 g/mol. The van der Waals surface area contributed by atoms with Crippen LogP contribution < -0.4 is 4.74 Å². The van der Waals surface area contributed by atoms with Crippen LogP contribution in [0.5, 0.6) is 5.75 Å². The van der Waals surface area contributed by atoms with E-state index in [2.05, 4.69) is 15.9 Å². The highest BCUT2D eigenvalue weighted by molar-refractivity contribution is 9.10. The molecule has 1 atom stereocenters. The molecule has 0 aliphatic heterocycles. The number of rotatable bonds is 4. The highest BCUT2D eigenvalue weighted by Crippen LogP contribution is 2.32. The van der Waals surface area contributed by atoms with Gasteiger partial charge in [-0.1, -0.05) is 28.1 Å². The summed E-state index contributed by atoms with van der Waals surface area (Å²) in [6.07, 6.45) is 0.116. The van der Waals surface area contributed by atoms with Gasteiger partial charge in [-0.3, -0.25) is 0 Å². The molecule has 2 rings (SSSR count). The molecule has 112 valence electrons. The Morgan fingerprint density at radius 2 is 1.95 bits per heavy atom. The number of halogens is 3. The number of benzene rings is 2. The average molecular weight is 357 g/mol. The van der Waals surface area contributed by atoms with E-state index >= 15 is 0 Å². The molecule has 0 aliphatic carbocycles. The molecule has 1 unspecified atom stereocenters. The van der Waals surface area contributed by atoms with Gasteiger partial charge in [0.25, 0.3) is 0 Å². The lowest BCUT2D eigenvalue weighted by atomic mass is 9.88. The second-order valence-corrected chi connectivity index (χ2v) is 5.86. The van der Waals surface area contributed by atoms with Crippen LogP contribution >= 0.6 is 15.9 Å². The summed E-state index contributed by atoms with van der Waals surface area (Å²) < 4.78 is 33.1. The summed E-state index contributed by atoms with van der Waals surface area (Å²) in [4.78, 5) is 0. The summed E-state index contributed by atoms with van der Waals surface area (Å²) in [5.41, 5.74) is -0.874. The van der Waals surface area contributed by atoms with Crippen molar-refractivity contribution in [1.29, 1.82) is 0 Å². The van der Waals surface area contributed by atoms with E-state index in [1.165, 1.54) is 26.2 Å². The highest BCUT2D eigenvalue weighted by atomic mass is 79.9. The Bertz CT molecular complexity index is 657. The molecule has 0 saturated heterocycles. The van der Waals surface area contributed by atoms with Gasteiger partial charge in [0.05, 0.1) is 12.7 Å². The van der Waals surface area contributed by atoms with Gasteiger partial charge in [0.1, 0.15) is 5.75 Å². The van der Waals surface area contributed by atoms with E-state index in [1.807, 2.05) is 0 Å². The zero-order valence-corrected chi connectivity index (χ0v) is 13.2. The average Bonchev–Trinajstić information content (AvgIpc) is 2.44. The first kappa shape index (κ1) is 15.9. The normalized spacial score (nSPS) is 13.8. The van der Waals surface area contributed by atoms with Gasteiger partial charge >= 0.3 is 0 Å². The van der Waals surface area contributed by atoms with E-state index in [0.29, 0.717) is 5.75 Å². The van der Waals surface area contributed by atoms with Crippen molar-refractivity contribution >= 4 is 15.9 Å². The molecule has 0 bridgehead atoms. The van der Waals surface area contributed by atoms with E-state index in [4.69, 9.17) is 4.74 Å². The first-order valence-electron chi connectivity index (χ1n) is 6.34.